The van der Waals surface area contributed by atoms with Crippen LogP contribution in [0, 0.1) is 11.3 Å². The van der Waals surface area contributed by atoms with Crippen molar-refractivity contribution in [1.29, 1.82) is 0 Å². The van der Waals surface area contributed by atoms with Gasteiger partial charge in [0, 0.05) is 16.7 Å². The van der Waals surface area contributed by atoms with Crippen LogP contribution >= 0.6 is 0 Å². The zero-order valence-corrected chi connectivity index (χ0v) is 15.2. The summed E-state index contributed by atoms with van der Waals surface area (Å²) < 4.78 is 5.45. The van der Waals surface area contributed by atoms with Gasteiger partial charge in [-0.05, 0) is 40.9 Å². The summed E-state index contributed by atoms with van der Waals surface area (Å²) in [5.41, 5.74) is 2.90. The first-order valence-electron chi connectivity index (χ1n) is 9.16. The van der Waals surface area contributed by atoms with E-state index in [0.29, 0.717) is 17.2 Å². The minimum absolute atomic E-state index is 0.0799. The van der Waals surface area contributed by atoms with Gasteiger partial charge >= 0.3 is 0 Å². The fourth-order valence-electron chi connectivity index (χ4n) is 5.52. The molecule has 0 amide bonds. The first-order valence-corrected chi connectivity index (χ1v) is 9.16. The molecule has 0 aliphatic heterocycles. The number of ketones is 1. The summed E-state index contributed by atoms with van der Waals surface area (Å²) >= 11 is 0. The van der Waals surface area contributed by atoms with E-state index in [1.54, 1.807) is 19.2 Å². The predicted molar refractivity (Wildman–Crippen MR) is 99.9 cm³/mol. The largest absolute Gasteiger partial charge is 0.496 e. The standard InChI is InChI=1S/C23H22O3/c1-22(2)12-15-13-8-4-5-9-14(13)20-18(19(15)22)21(24)23(20,25)16-10-6-7-11-17(16)26-3/h4-11,15,19,25H,12H2,1-3H3/t15-,19-,23?/m1/s1. The fraction of sp³-hybridized carbons (Fsp3) is 0.348. The Morgan fingerprint density at radius 3 is 2.50 bits per heavy atom. The van der Waals surface area contributed by atoms with Crippen LogP contribution in [0.5, 0.6) is 5.75 Å². The minimum Gasteiger partial charge on any atom is -0.496 e. The molecule has 1 fully saturated rings. The molecule has 3 heteroatoms. The van der Waals surface area contributed by atoms with Crippen LogP contribution in [0.25, 0.3) is 5.57 Å². The topological polar surface area (TPSA) is 46.5 Å². The van der Waals surface area contributed by atoms with Crippen LogP contribution in [0.4, 0.5) is 0 Å². The summed E-state index contributed by atoms with van der Waals surface area (Å²) in [6.45, 7) is 4.45. The zero-order valence-electron chi connectivity index (χ0n) is 15.2. The number of aliphatic hydroxyl groups is 1. The predicted octanol–water partition coefficient (Wildman–Crippen LogP) is 4.06. The molecule has 0 aromatic heterocycles. The Kier molecular flexibility index (Phi) is 2.96. The quantitative estimate of drug-likeness (QED) is 0.892. The SMILES string of the molecule is COc1ccccc1C1(O)C(=O)C2=C1c1ccccc1[C@H]1CC(C)(C)[C@@H]21. The number of carbonyl (C=O) groups excluding carboxylic acids is 1. The van der Waals surface area contributed by atoms with Gasteiger partial charge in [0.25, 0.3) is 0 Å². The molecule has 2 aromatic rings. The van der Waals surface area contributed by atoms with Gasteiger partial charge in [-0.2, -0.15) is 0 Å². The van der Waals surface area contributed by atoms with Crippen LogP contribution in [0.15, 0.2) is 54.1 Å². The summed E-state index contributed by atoms with van der Waals surface area (Å²) in [6.07, 6.45) is 1.08. The van der Waals surface area contributed by atoms with Crippen LogP contribution in [-0.2, 0) is 10.4 Å². The average Bonchev–Trinajstić information content (AvgIpc) is 2.65. The molecular formula is C23H22O3. The van der Waals surface area contributed by atoms with E-state index >= 15 is 0 Å². The highest BCUT2D eigenvalue weighted by atomic mass is 16.5. The molecule has 2 aromatic carbocycles. The number of hydrogen-bond donors (Lipinski definition) is 1. The lowest BCUT2D eigenvalue weighted by Gasteiger charge is -2.60. The van der Waals surface area contributed by atoms with E-state index in [-0.39, 0.29) is 17.1 Å². The number of methoxy groups -OCH3 is 1. The van der Waals surface area contributed by atoms with Crippen molar-refractivity contribution in [2.75, 3.05) is 7.11 Å². The smallest absolute Gasteiger partial charge is 0.200 e. The maximum atomic E-state index is 13.3. The van der Waals surface area contributed by atoms with Gasteiger partial charge in [-0.1, -0.05) is 56.3 Å². The van der Waals surface area contributed by atoms with Gasteiger partial charge < -0.3 is 9.84 Å². The van der Waals surface area contributed by atoms with E-state index in [1.807, 2.05) is 24.3 Å². The van der Waals surface area contributed by atoms with Crippen LogP contribution in [-0.4, -0.2) is 18.0 Å². The molecule has 0 heterocycles. The highest BCUT2D eigenvalue weighted by Gasteiger charge is 2.65. The number of para-hydroxylation sites is 1. The molecule has 0 radical (unpaired) electrons. The Balaban J connectivity index is 1.78. The maximum Gasteiger partial charge on any atom is 0.200 e. The number of hydrogen-bond acceptors (Lipinski definition) is 3. The second kappa shape index (κ2) is 4.86. The molecule has 1 N–H and O–H groups in total. The summed E-state index contributed by atoms with van der Waals surface area (Å²) in [7, 11) is 1.57. The first kappa shape index (κ1) is 15.8. The molecular weight excluding hydrogens is 324 g/mol. The van der Waals surface area contributed by atoms with Crippen molar-refractivity contribution < 1.29 is 14.6 Å². The lowest BCUT2D eigenvalue weighted by molar-refractivity contribution is -0.135. The Bertz CT molecular complexity index is 984. The van der Waals surface area contributed by atoms with Crippen molar-refractivity contribution >= 4 is 11.4 Å². The highest BCUT2D eigenvalue weighted by Crippen LogP contribution is 2.69. The van der Waals surface area contributed by atoms with E-state index < -0.39 is 5.60 Å². The number of Topliss-reactive ketones (excluding diaryl/α,β-unsaturated/α-hetero) is 1. The Labute approximate surface area is 153 Å². The van der Waals surface area contributed by atoms with Crippen molar-refractivity contribution in [1.82, 2.24) is 0 Å². The average molecular weight is 346 g/mol. The molecule has 132 valence electrons. The summed E-state index contributed by atoms with van der Waals surface area (Å²) in [6, 6.07) is 15.5. The van der Waals surface area contributed by atoms with Gasteiger partial charge in [0.2, 0.25) is 5.78 Å². The van der Waals surface area contributed by atoms with Crippen LogP contribution < -0.4 is 4.74 Å². The molecule has 5 rings (SSSR count). The van der Waals surface area contributed by atoms with Gasteiger partial charge in [0.1, 0.15) is 5.75 Å². The monoisotopic (exact) mass is 346 g/mol. The van der Waals surface area contributed by atoms with E-state index in [9.17, 15) is 9.90 Å². The number of carbonyl (C=O) groups is 1. The second-order valence-corrected chi connectivity index (χ2v) is 8.39. The lowest BCUT2D eigenvalue weighted by atomic mass is 9.43. The van der Waals surface area contributed by atoms with Crippen molar-refractivity contribution in [3.63, 3.8) is 0 Å². The number of benzene rings is 2. The van der Waals surface area contributed by atoms with Crippen LogP contribution in [0.3, 0.4) is 0 Å². The highest BCUT2D eigenvalue weighted by molar-refractivity contribution is 6.26. The van der Waals surface area contributed by atoms with E-state index in [2.05, 4.69) is 26.0 Å². The van der Waals surface area contributed by atoms with Crippen molar-refractivity contribution in [2.24, 2.45) is 11.3 Å². The van der Waals surface area contributed by atoms with Crippen LogP contribution in [0.2, 0.25) is 0 Å². The summed E-state index contributed by atoms with van der Waals surface area (Å²) in [4.78, 5) is 13.3. The van der Waals surface area contributed by atoms with E-state index in [0.717, 1.165) is 23.1 Å². The number of fused-ring (bicyclic) bond motifs is 5. The second-order valence-electron chi connectivity index (χ2n) is 8.39. The first-order chi connectivity index (χ1) is 12.4. The summed E-state index contributed by atoms with van der Waals surface area (Å²) in [5, 5.41) is 11.6. The van der Waals surface area contributed by atoms with Crippen molar-refractivity contribution in [3.05, 3.63) is 70.8 Å². The van der Waals surface area contributed by atoms with Gasteiger partial charge in [-0.15, -0.1) is 0 Å². The number of ether oxygens (including phenoxy) is 1. The molecule has 0 bridgehead atoms. The molecule has 0 saturated heterocycles. The van der Waals surface area contributed by atoms with E-state index in [1.165, 1.54) is 5.56 Å². The van der Waals surface area contributed by atoms with Gasteiger partial charge in [-0.3, -0.25) is 4.79 Å². The van der Waals surface area contributed by atoms with Gasteiger partial charge in [-0.25, -0.2) is 0 Å². The third-order valence-corrected chi connectivity index (χ3v) is 6.63. The molecule has 3 aliphatic carbocycles. The molecule has 1 unspecified atom stereocenters. The van der Waals surface area contributed by atoms with E-state index in [4.69, 9.17) is 4.74 Å². The van der Waals surface area contributed by atoms with Gasteiger partial charge in [0.15, 0.2) is 5.60 Å². The third-order valence-electron chi connectivity index (χ3n) is 6.63. The minimum atomic E-state index is -1.62. The molecule has 3 aliphatic rings. The maximum absolute atomic E-state index is 13.3. The molecule has 1 saturated carbocycles. The van der Waals surface area contributed by atoms with Crippen LogP contribution in [0.1, 0.15) is 42.9 Å². The third kappa shape index (κ3) is 1.65. The molecule has 0 spiro atoms. The van der Waals surface area contributed by atoms with Crippen molar-refractivity contribution in [2.45, 2.75) is 31.8 Å². The zero-order chi connectivity index (χ0) is 18.3. The lowest BCUT2D eigenvalue weighted by Crippen LogP contribution is -2.58. The summed E-state index contributed by atoms with van der Waals surface area (Å²) in [5.74, 6) is 0.956. The molecule has 26 heavy (non-hydrogen) atoms. The number of rotatable bonds is 2. The molecule has 3 atom stereocenters. The van der Waals surface area contributed by atoms with Gasteiger partial charge in [0.05, 0.1) is 7.11 Å². The molecule has 3 nitrogen and oxygen atoms in total. The fourth-order valence-corrected chi connectivity index (χ4v) is 5.52. The van der Waals surface area contributed by atoms with Crippen molar-refractivity contribution in [3.8, 4) is 5.75 Å². The Morgan fingerprint density at radius 2 is 1.77 bits per heavy atom. The Morgan fingerprint density at radius 1 is 1.08 bits per heavy atom. The Hall–Kier alpha value is -2.39. The normalized spacial score (nSPS) is 30.5.